The zero-order valence-corrected chi connectivity index (χ0v) is 20.7. The molecule has 182 valence electrons. The standard InChI is InChI=1S/C25H21Cl2N7O2/c26-19-5-3-16(12-30-19)14-33-9-7-28-24(33)22-21(18-2-1-11-35-18)23(36-32-22)25-29-8-10-34(25)15-17-4-6-20(27)31-13-17/h1-6,11-13H,7-10,14-15H2. The van der Waals surface area contributed by atoms with Gasteiger partial charge in [-0.2, -0.15) is 0 Å². The SMILES string of the molecule is Clc1ccc(CN2CCN=C2c2noc(C3=NCCN3Cc3ccc(Cl)nc3)c2-c2ccco2)cn1. The van der Waals surface area contributed by atoms with E-state index in [-0.39, 0.29) is 0 Å². The lowest BCUT2D eigenvalue weighted by Gasteiger charge is -2.20. The third-order valence-electron chi connectivity index (χ3n) is 6.06. The number of pyridine rings is 2. The van der Waals surface area contributed by atoms with E-state index in [1.54, 1.807) is 30.8 Å². The van der Waals surface area contributed by atoms with Gasteiger partial charge in [-0.15, -0.1) is 0 Å². The predicted molar refractivity (Wildman–Crippen MR) is 136 cm³/mol. The third-order valence-corrected chi connectivity index (χ3v) is 6.51. The van der Waals surface area contributed by atoms with E-state index in [2.05, 4.69) is 24.9 Å². The Morgan fingerprint density at radius 2 is 1.44 bits per heavy atom. The Kier molecular flexibility index (Phi) is 6.16. The fraction of sp³-hybridized carbons (Fsp3) is 0.240. The van der Waals surface area contributed by atoms with Crippen LogP contribution in [0.5, 0.6) is 0 Å². The van der Waals surface area contributed by atoms with E-state index < -0.39 is 0 Å². The van der Waals surface area contributed by atoms with Gasteiger partial charge >= 0.3 is 0 Å². The Labute approximate surface area is 217 Å². The van der Waals surface area contributed by atoms with Crippen molar-refractivity contribution in [2.75, 3.05) is 26.2 Å². The molecule has 0 N–H and O–H groups in total. The number of amidine groups is 2. The Morgan fingerprint density at radius 3 is 2.03 bits per heavy atom. The van der Waals surface area contributed by atoms with Crippen molar-refractivity contribution in [2.45, 2.75) is 13.1 Å². The summed E-state index contributed by atoms with van der Waals surface area (Å²) in [7, 11) is 0. The first-order chi connectivity index (χ1) is 17.7. The second-order valence-corrected chi connectivity index (χ2v) is 9.22. The molecular formula is C25H21Cl2N7O2. The number of hydrogen-bond donors (Lipinski definition) is 0. The highest BCUT2D eigenvalue weighted by atomic mass is 35.5. The summed E-state index contributed by atoms with van der Waals surface area (Å²) in [4.78, 5) is 22.2. The molecule has 0 fully saturated rings. The lowest BCUT2D eigenvalue weighted by molar-refractivity contribution is 0.387. The van der Waals surface area contributed by atoms with Crippen LogP contribution >= 0.6 is 23.2 Å². The van der Waals surface area contributed by atoms with Crippen molar-refractivity contribution < 1.29 is 8.94 Å². The molecule has 2 aliphatic rings. The minimum atomic E-state index is 0.463. The molecule has 6 rings (SSSR count). The number of aliphatic imine (C=N–C) groups is 2. The van der Waals surface area contributed by atoms with Crippen molar-refractivity contribution in [1.82, 2.24) is 24.9 Å². The number of aromatic nitrogens is 3. The number of halogens is 2. The molecule has 36 heavy (non-hydrogen) atoms. The minimum Gasteiger partial charge on any atom is -0.464 e. The summed E-state index contributed by atoms with van der Waals surface area (Å²) >= 11 is 11.9. The molecule has 0 saturated heterocycles. The van der Waals surface area contributed by atoms with E-state index in [4.69, 9.17) is 42.1 Å². The number of hydrogen-bond acceptors (Lipinski definition) is 9. The Balaban J connectivity index is 1.34. The van der Waals surface area contributed by atoms with Gasteiger partial charge < -0.3 is 18.7 Å². The molecule has 2 aliphatic heterocycles. The van der Waals surface area contributed by atoms with Crippen molar-refractivity contribution in [1.29, 1.82) is 0 Å². The number of rotatable bonds is 7. The molecule has 6 heterocycles. The van der Waals surface area contributed by atoms with Crippen molar-refractivity contribution in [3.63, 3.8) is 0 Å². The molecule has 0 atom stereocenters. The van der Waals surface area contributed by atoms with Crippen molar-refractivity contribution in [3.05, 3.63) is 87.9 Å². The van der Waals surface area contributed by atoms with Crippen molar-refractivity contribution in [2.24, 2.45) is 9.98 Å². The molecule has 4 aromatic rings. The maximum Gasteiger partial charge on any atom is 0.213 e. The van der Waals surface area contributed by atoms with E-state index in [9.17, 15) is 0 Å². The summed E-state index contributed by atoms with van der Waals surface area (Å²) in [6.45, 7) is 4.07. The smallest absolute Gasteiger partial charge is 0.213 e. The summed E-state index contributed by atoms with van der Waals surface area (Å²) in [5.74, 6) is 2.68. The van der Waals surface area contributed by atoms with Crippen LogP contribution in [0.15, 0.2) is 74.0 Å². The number of furan rings is 1. The summed E-state index contributed by atoms with van der Waals surface area (Å²) < 4.78 is 11.8. The average Bonchev–Trinajstić information content (AvgIpc) is 3.68. The first-order valence-corrected chi connectivity index (χ1v) is 12.3. The van der Waals surface area contributed by atoms with Crippen LogP contribution in [0, 0.1) is 0 Å². The van der Waals surface area contributed by atoms with Crippen LogP contribution in [0.4, 0.5) is 0 Å². The fourth-order valence-electron chi connectivity index (χ4n) is 4.40. The summed E-state index contributed by atoms with van der Waals surface area (Å²) in [6, 6.07) is 11.2. The molecule has 0 saturated carbocycles. The van der Waals surface area contributed by atoms with E-state index in [1.807, 2.05) is 24.3 Å². The quantitative estimate of drug-likeness (QED) is 0.329. The highest BCUT2D eigenvalue weighted by molar-refractivity contribution is 6.29. The molecular weight excluding hydrogens is 501 g/mol. The fourth-order valence-corrected chi connectivity index (χ4v) is 4.62. The zero-order chi connectivity index (χ0) is 24.5. The summed E-state index contributed by atoms with van der Waals surface area (Å²) in [6.07, 6.45) is 5.18. The van der Waals surface area contributed by atoms with Crippen LogP contribution in [0.25, 0.3) is 11.3 Å². The van der Waals surface area contributed by atoms with Crippen LogP contribution in [0.3, 0.4) is 0 Å². The lowest BCUT2D eigenvalue weighted by atomic mass is 10.1. The van der Waals surface area contributed by atoms with E-state index >= 15 is 0 Å². The van der Waals surface area contributed by atoms with Gasteiger partial charge in [-0.25, -0.2) is 9.97 Å². The summed E-state index contributed by atoms with van der Waals surface area (Å²) in [5, 5.41) is 5.40. The van der Waals surface area contributed by atoms with Gasteiger partial charge in [-0.3, -0.25) is 9.98 Å². The molecule has 0 spiro atoms. The third kappa shape index (κ3) is 4.47. The molecule has 0 aromatic carbocycles. The minimum absolute atomic E-state index is 0.463. The van der Waals surface area contributed by atoms with Gasteiger partial charge in [0.15, 0.2) is 17.4 Å². The lowest BCUT2D eigenvalue weighted by Crippen LogP contribution is -2.29. The van der Waals surface area contributed by atoms with E-state index in [0.717, 1.165) is 41.5 Å². The van der Waals surface area contributed by atoms with Crippen LogP contribution in [0.1, 0.15) is 22.6 Å². The molecule has 0 unspecified atom stereocenters. The highest BCUT2D eigenvalue weighted by Crippen LogP contribution is 2.33. The van der Waals surface area contributed by atoms with Gasteiger partial charge in [-0.05, 0) is 35.4 Å². The number of nitrogens with zero attached hydrogens (tertiary/aromatic N) is 7. The maximum atomic E-state index is 5.96. The molecule has 11 heteroatoms. The van der Waals surface area contributed by atoms with Gasteiger partial charge in [0.2, 0.25) is 5.76 Å². The van der Waals surface area contributed by atoms with Gasteiger partial charge in [0.25, 0.3) is 0 Å². The first kappa shape index (κ1) is 22.8. The normalized spacial score (nSPS) is 15.5. The van der Waals surface area contributed by atoms with E-state index in [0.29, 0.717) is 53.7 Å². The second kappa shape index (κ2) is 9.75. The van der Waals surface area contributed by atoms with Crippen molar-refractivity contribution in [3.8, 4) is 11.3 Å². The van der Waals surface area contributed by atoms with Crippen LogP contribution in [-0.4, -0.2) is 62.8 Å². The van der Waals surface area contributed by atoms with Gasteiger partial charge in [0, 0.05) is 38.6 Å². The van der Waals surface area contributed by atoms with Crippen LogP contribution < -0.4 is 0 Å². The summed E-state index contributed by atoms with van der Waals surface area (Å²) in [5.41, 5.74) is 3.42. The zero-order valence-electron chi connectivity index (χ0n) is 19.1. The van der Waals surface area contributed by atoms with Gasteiger partial charge in [-0.1, -0.05) is 40.5 Å². The Hall–Kier alpha value is -3.69. The molecule has 0 radical (unpaired) electrons. The molecule has 4 aromatic heterocycles. The molecule has 0 aliphatic carbocycles. The van der Waals surface area contributed by atoms with Gasteiger partial charge in [0.05, 0.1) is 24.9 Å². The highest BCUT2D eigenvalue weighted by Gasteiger charge is 2.34. The van der Waals surface area contributed by atoms with Crippen LogP contribution in [-0.2, 0) is 13.1 Å². The predicted octanol–water partition coefficient (Wildman–Crippen LogP) is 4.56. The molecule has 0 bridgehead atoms. The Morgan fingerprint density at radius 1 is 0.806 bits per heavy atom. The Bertz CT molecular complexity index is 1320. The van der Waals surface area contributed by atoms with E-state index in [1.165, 1.54) is 0 Å². The van der Waals surface area contributed by atoms with Crippen LogP contribution in [0.2, 0.25) is 10.3 Å². The van der Waals surface area contributed by atoms with Gasteiger partial charge in [0.1, 0.15) is 16.1 Å². The molecule has 0 amide bonds. The topological polar surface area (TPSA) is 96.2 Å². The molecule has 9 nitrogen and oxygen atoms in total. The monoisotopic (exact) mass is 521 g/mol. The second-order valence-electron chi connectivity index (χ2n) is 8.44. The average molecular weight is 522 g/mol. The largest absolute Gasteiger partial charge is 0.464 e. The maximum absolute atomic E-state index is 5.96. The van der Waals surface area contributed by atoms with Crippen molar-refractivity contribution >= 4 is 34.9 Å². The first-order valence-electron chi connectivity index (χ1n) is 11.5.